The van der Waals surface area contributed by atoms with Crippen molar-refractivity contribution in [2.75, 3.05) is 38.6 Å². The van der Waals surface area contributed by atoms with Crippen LogP contribution in [0.15, 0.2) is 27.9 Å². The number of piperidine rings is 3. The van der Waals surface area contributed by atoms with Crippen molar-refractivity contribution in [1.29, 1.82) is 0 Å². The van der Waals surface area contributed by atoms with Crippen LogP contribution in [0.1, 0.15) is 12.8 Å². The first-order valence-electron chi connectivity index (χ1n) is 8.33. The van der Waals surface area contributed by atoms with Crippen LogP contribution in [0, 0.1) is 5.92 Å². The van der Waals surface area contributed by atoms with Crippen LogP contribution in [0.2, 0.25) is 0 Å². The molecule has 1 atom stereocenters. The standard InChI is InChI=1S/C16H20N5O3/c1-22-21-6-3-11(4-7-21)16(10-21)9-18-14(24-16)20-15-19-12-8-17-5-2-13(12)23-15/h2,5,8,11H,3-4,6-7,9-10H2,1H3,(H,18,19,20)/q+1. The van der Waals surface area contributed by atoms with Gasteiger partial charge in [-0.25, -0.2) is 9.83 Å². The van der Waals surface area contributed by atoms with Gasteiger partial charge in [0, 0.05) is 31.0 Å². The van der Waals surface area contributed by atoms with Crippen LogP contribution in [0.25, 0.3) is 11.1 Å². The maximum Gasteiger partial charge on any atom is 0.303 e. The molecule has 2 aromatic heterocycles. The Morgan fingerprint density at radius 1 is 1.38 bits per heavy atom. The number of anilines is 1. The fourth-order valence-electron chi connectivity index (χ4n) is 4.33. The molecule has 0 aromatic carbocycles. The van der Waals surface area contributed by atoms with E-state index >= 15 is 0 Å². The number of fused-ring (bicyclic) bond motifs is 3. The summed E-state index contributed by atoms with van der Waals surface area (Å²) < 4.78 is 12.6. The molecule has 8 nitrogen and oxygen atoms in total. The first-order valence-corrected chi connectivity index (χ1v) is 8.33. The fraction of sp³-hybridized carbons (Fsp3) is 0.562. The Morgan fingerprint density at radius 2 is 2.25 bits per heavy atom. The van der Waals surface area contributed by atoms with Crippen LogP contribution < -0.4 is 5.32 Å². The molecule has 1 N–H and O–H groups in total. The summed E-state index contributed by atoms with van der Waals surface area (Å²) in [7, 11) is 1.79. The zero-order valence-electron chi connectivity index (χ0n) is 13.6. The molecule has 0 saturated carbocycles. The SMILES string of the molecule is CO[N+]12CCC(CC1)C1(CN=C(Nc3nc4cnccc4o3)O1)C2. The van der Waals surface area contributed by atoms with Crippen LogP contribution in [0.5, 0.6) is 0 Å². The van der Waals surface area contributed by atoms with Crippen molar-refractivity contribution in [2.45, 2.75) is 18.4 Å². The minimum Gasteiger partial charge on any atom is -0.450 e. The lowest BCUT2D eigenvalue weighted by molar-refractivity contribution is -1.12. The second kappa shape index (κ2) is 4.90. The Morgan fingerprint density at radius 3 is 3.04 bits per heavy atom. The van der Waals surface area contributed by atoms with Gasteiger partial charge < -0.3 is 9.15 Å². The van der Waals surface area contributed by atoms with Gasteiger partial charge >= 0.3 is 6.01 Å². The molecule has 2 bridgehead atoms. The number of quaternary nitrogens is 1. The molecule has 6 rings (SSSR count). The lowest BCUT2D eigenvalue weighted by Crippen LogP contribution is -2.69. The van der Waals surface area contributed by atoms with E-state index in [9.17, 15) is 0 Å². The third-order valence-corrected chi connectivity index (χ3v) is 5.65. The topological polar surface area (TPSA) is 81.8 Å². The predicted octanol–water partition coefficient (Wildman–Crippen LogP) is 1.56. The Balaban J connectivity index is 1.35. The molecule has 0 aliphatic carbocycles. The largest absolute Gasteiger partial charge is 0.450 e. The van der Waals surface area contributed by atoms with E-state index in [0.29, 0.717) is 40.2 Å². The number of oxazole rings is 1. The molecular formula is C16H20N5O3+. The number of hydrogen-bond donors (Lipinski definition) is 1. The number of pyridine rings is 1. The average Bonchev–Trinajstić information content (AvgIpc) is 3.20. The molecule has 3 fully saturated rings. The second-order valence-electron chi connectivity index (χ2n) is 6.90. The van der Waals surface area contributed by atoms with E-state index in [-0.39, 0.29) is 5.60 Å². The summed E-state index contributed by atoms with van der Waals surface area (Å²) in [5.74, 6) is 0.531. The number of hydroxylamine groups is 3. The number of nitrogens with zero attached hydrogens (tertiary/aromatic N) is 4. The van der Waals surface area contributed by atoms with Crippen molar-refractivity contribution in [3.8, 4) is 0 Å². The quantitative estimate of drug-likeness (QED) is 0.842. The molecule has 1 spiro atoms. The van der Waals surface area contributed by atoms with Gasteiger partial charge in [-0.2, -0.15) is 9.63 Å². The summed E-state index contributed by atoms with van der Waals surface area (Å²) in [6.45, 7) is 3.63. The predicted molar refractivity (Wildman–Crippen MR) is 86.1 cm³/mol. The van der Waals surface area contributed by atoms with Gasteiger partial charge in [0.25, 0.3) is 6.02 Å². The van der Waals surface area contributed by atoms with Crippen LogP contribution in [0.4, 0.5) is 6.01 Å². The molecule has 6 heterocycles. The molecule has 4 aliphatic rings. The first kappa shape index (κ1) is 14.2. The minimum absolute atomic E-state index is 0.261. The van der Waals surface area contributed by atoms with Crippen molar-refractivity contribution >= 4 is 23.1 Å². The molecule has 24 heavy (non-hydrogen) atoms. The molecule has 4 aliphatic heterocycles. The minimum atomic E-state index is -0.261. The molecule has 0 radical (unpaired) electrons. The van der Waals surface area contributed by atoms with Gasteiger partial charge in [0.05, 0.1) is 19.9 Å². The Bertz CT molecular complexity index is 778. The summed E-state index contributed by atoms with van der Waals surface area (Å²) in [4.78, 5) is 18.8. The number of rotatable bonds is 2. The average molecular weight is 330 g/mol. The summed E-state index contributed by atoms with van der Waals surface area (Å²) in [6, 6.07) is 2.65. The number of nitrogens with one attached hydrogen (secondary N) is 1. The van der Waals surface area contributed by atoms with Gasteiger partial charge in [-0.15, -0.1) is 0 Å². The van der Waals surface area contributed by atoms with Gasteiger partial charge in [-0.3, -0.25) is 10.3 Å². The third-order valence-electron chi connectivity index (χ3n) is 5.65. The normalized spacial score (nSPS) is 34.5. The van der Waals surface area contributed by atoms with Crippen LogP contribution in [-0.4, -0.2) is 59.5 Å². The van der Waals surface area contributed by atoms with Gasteiger partial charge in [-0.05, 0) is 0 Å². The van der Waals surface area contributed by atoms with E-state index in [2.05, 4.69) is 20.3 Å². The highest BCUT2D eigenvalue weighted by molar-refractivity contribution is 5.89. The summed E-state index contributed by atoms with van der Waals surface area (Å²) in [5.41, 5.74) is 1.13. The maximum absolute atomic E-state index is 6.28. The van der Waals surface area contributed by atoms with Gasteiger partial charge in [0.1, 0.15) is 18.6 Å². The van der Waals surface area contributed by atoms with E-state index in [4.69, 9.17) is 14.0 Å². The van der Waals surface area contributed by atoms with E-state index in [1.807, 2.05) is 0 Å². The van der Waals surface area contributed by atoms with Crippen molar-refractivity contribution in [3.63, 3.8) is 0 Å². The van der Waals surface area contributed by atoms with Crippen LogP contribution in [0.3, 0.4) is 0 Å². The summed E-state index contributed by atoms with van der Waals surface area (Å²) in [5, 5.41) is 3.07. The Hall–Kier alpha value is -2.19. The molecule has 3 saturated heterocycles. The highest BCUT2D eigenvalue weighted by Gasteiger charge is 2.60. The van der Waals surface area contributed by atoms with Gasteiger partial charge in [0.2, 0.25) is 0 Å². The summed E-state index contributed by atoms with van der Waals surface area (Å²) in [6.07, 6.45) is 5.58. The molecule has 0 amide bonds. The van der Waals surface area contributed by atoms with Gasteiger partial charge in [0.15, 0.2) is 17.7 Å². The smallest absolute Gasteiger partial charge is 0.303 e. The molecule has 2 aromatic rings. The Labute approximate surface area is 139 Å². The zero-order valence-corrected chi connectivity index (χ0v) is 13.6. The molecule has 8 heteroatoms. The first-order chi connectivity index (χ1) is 11.7. The monoisotopic (exact) mass is 330 g/mol. The lowest BCUT2D eigenvalue weighted by Gasteiger charge is -2.53. The van der Waals surface area contributed by atoms with Gasteiger partial charge in [-0.1, -0.05) is 0 Å². The summed E-state index contributed by atoms with van der Waals surface area (Å²) >= 11 is 0. The fourth-order valence-corrected chi connectivity index (χ4v) is 4.33. The highest BCUT2D eigenvalue weighted by Crippen LogP contribution is 2.44. The van der Waals surface area contributed by atoms with E-state index in [1.165, 1.54) is 0 Å². The number of aromatic nitrogens is 2. The number of ether oxygens (including phenoxy) is 1. The molecule has 126 valence electrons. The second-order valence-corrected chi connectivity index (χ2v) is 6.90. The van der Waals surface area contributed by atoms with Crippen molar-refractivity contribution in [2.24, 2.45) is 10.9 Å². The third kappa shape index (κ3) is 2.03. The lowest BCUT2D eigenvalue weighted by atomic mass is 9.75. The number of amidine groups is 1. The number of hydrogen-bond acceptors (Lipinski definition) is 7. The maximum atomic E-state index is 6.28. The van der Waals surface area contributed by atoms with Crippen molar-refractivity contribution in [3.05, 3.63) is 18.5 Å². The van der Waals surface area contributed by atoms with Crippen molar-refractivity contribution < 1.29 is 18.6 Å². The molecular weight excluding hydrogens is 310 g/mol. The van der Waals surface area contributed by atoms with E-state index in [1.54, 1.807) is 25.6 Å². The molecule has 1 unspecified atom stereocenters. The van der Waals surface area contributed by atoms with Crippen LogP contribution in [-0.2, 0) is 9.57 Å². The Kier molecular flexibility index (Phi) is 2.90. The van der Waals surface area contributed by atoms with Crippen molar-refractivity contribution in [1.82, 2.24) is 9.97 Å². The highest BCUT2D eigenvalue weighted by atomic mass is 16.7. The van der Waals surface area contributed by atoms with E-state index in [0.717, 1.165) is 32.5 Å². The van der Waals surface area contributed by atoms with E-state index < -0.39 is 0 Å². The number of aliphatic imine (C=N–C) groups is 1. The zero-order chi connectivity index (χ0) is 16.2. The van der Waals surface area contributed by atoms with Crippen LogP contribution >= 0.6 is 0 Å².